The molecule has 0 aliphatic carbocycles. The third kappa shape index (κ3) is 2.80. The van der Waals surface area contributed by atoms with Crippen LogP contribution in [0.2, 0.25) is 0 Å². The smallest absolute Gasteiger partial charge is 0.0582 e. The van der Waals surface area contributed by atoms with Gasteiger partial charge in [0.2, 0.25) is 0 Å². The number of nitrogens with one attached hydrogen (secondary N) is 1. The van der Waals surface area contributed by atoms with E-state index in [2.05, 4.69) is 39.4 Å². The maximum absolute atomic E-state index is 9.09. The molecule has 0 aromatic heterocycles. The Morgan fingerprint density at radius 2 is 2.44 bits per heavy atom. The molecule has 0 fully saturated rings. The Kier molecular flexibility index (Phi) is 4.30. The lowest BCUT2D eigenvalue weighted by atomic mass is 10.0. The lowest BCUT2D eigenvalue weighted by molar-refractivity contribution is 0.239. The molecule has 0 saturated carbocycles. The van der Waals surface area contributed by atoms with Gasteiger partial charge in [0.15, 0.2) is 0 Å². The van der Waals surface area contributed by atoms with Gasteiger partial charge in [-0.3, -0.25) is 0 Å². The molecule has 2 nitrogen and oxygen atoms in total. The first kappa shape index (κ1) is 12.4. The summed E-state index contributed by atoms with van der Waals surface area (Å²) in [7, 11) is 0. The fourth-order valence-electron chi connectivity index (χ4n) is 1.93. The molecule has 0 bridgehead atoms. The summed E-state index contributed by atoms with van der Waals surface area (Å²) in [4.78, 5) is 1.36. The number of thioether (sulfide) groups is 1. The second-order valence-electron chi connectivity index (χ2n) is 4.12. The van der Waals surface area contributed by atoms with Gasteiger partial charge in [-0.1, -0.05) is 15.9 Å². The Hall–Kier alpha value is -0.0300. The van der Waals surface area contributed by atoms with Crippen LogP contribution in [0.5, 0.6) is 0 Å². The second-order valence-corrected chi connectivity index (χ2v) is 6.17. The molecule has 1 aliphatic rings. The minimum atomic E-state index is 0.153. The van der Waals surface area contributed by atoms with Crippen LogP contribution in [0.4, 0.5) is 0 Å². The molecule has 2 rings (SSSR count). The number of benzene rings is 1. The van der Waals surface area contributed by atoms with Crippen LogP contribution in [0.25, 0.3) is 0 Å². The number of aliphatic hydroxyl groups excluding tert-OH is 1. The molecule has 4 heteroatoms. The largest absolute Gasteiger partial charge is 0.395 e. The van der Waals surface area contributed by atoms with E-state index in [1.165, 1.54) is 10.5 Å². The zero-order valence-electron chi connectivity index (χ0n) is 9.24. The highest BCUT2D eigenvalue weighted by molar-refractivity contribution is 9.10. The van der Waals surface area contributed by atoms with Crippen molar-refractivity contribution < 1.29 is 5.11 Å². The number of halogens is 1. The first-order chi connectivity index (χ1) is 7.70. The quantitative estimate of drug-likeness (QED) is 0.900. The predicted octanol–water partition coefficient (Wildman–Crippen LogP) is 2.96. The maximum Gasteiger partial charge on any atom is 0.0582 e. The van der Waals surface area contributed by atoms with Crippen molar-refractivity contribution in [2.24, 2.45) is 0 Å². The highest BCUT2D eigenvalue weighted by Gasteiger charge is 2.21. The molecule has 1 unspecified atom stereocenters. The van der Waals surface area contributed by atoms with Gasteiger partial charge in [0.05, 0.1) is 6.61 Å². The highest BCUT2D eigenvalue weighted by Crippen LogP contribution is 2.37. The van der Waals surface area contributed by atoms with Gasteiger partial charge >= 0.3 is 0 Å². The van der Waals surface area contributed by atoms with Crippen molar-refractivity contribution in [3.05, 3.63) is 28.2 Å². The summed E-state index contributed by atoms with van der Waals surface area (Å²) in [5, 5.41) is 12.6. The Morgan fingerprint density at radius 3 is 3.19 bits per heavy atom. The summed E-state index contributed by atoms with van der Waals surface area (Å²) in [5.74, 6) is 1.14. The van der Waals surface area contributed by atoms with Crippen LogP contribution < -0.4 is 5.32 Å². The van der Waals surface area contributed by atoms with Gasteiger partial charge in [0, 0.05) is 21.5 Å². The van der Waals surface area contributed by atoms with Gasteiger partial charge in [-0.05, 0) is 42.9 Å². The van der Waals surface area contributed by atoms with Crippen molar-refractivity contribution in [2.45, 2.75) is 30.3 Å². The molecule has 0 amide bonds. The van der Waals surface area contributed by atoms with Gasteiger partial charge in [-0.2, -0.15) is 0 Å². The van der Waals surface area contributed by atoms with E-state index >= 15 is 0 Å². The third-order valence-corrected chi connectivity index (χ3v) is 4.39. The van der Waals surface area contributed by atoms with Crippen molar-refractivity contribution >= 4 is 27.7 Å². The van der Waals surface area contributed by atoms with Gasteiger partial charge in [0.1, 0.15) is 0 Å². The first-order valence-corrected chi connectivity index (χ1v) is 7.27. The fourth-order valence-corrected chi connectivity index (χ4v) is 3.42. The summed E-state index contributed by atoms with van der Waals surface area (Å²) in [6.07, 6.45) is 1.12. The van der Waals surface area contributed by atoms with Crippen LogP contribution in [0.15, 0.2) is 27.6 Å². The minimum Gasteiger partial charge on any atom is -0.395 e. The zero-order valence-corrected chi connectivity index (χ0v) is 11.6. The standard InChI is InChI=1S/C12H16BrNOS/c1-8(7-15)14-11-4-5-16-12-3-2-9(13)6-10(11)12/h2-3,6,8,11,14-15H,4-5,7H2,1H3/t8-,11?/m1/s1. The first-order valence-electron chi connectivity index (χ1n) is 5.50. The van der Waals surface area contributed by atoms with Crippen molar-refractivity contribution in [1.29, 1.82) is 0 Å². The number of fused-ring (bicyclic) bond motifs is 1. The van der Waals surface area contributed by atoms with E-state index in [1.54, 1.807) is 0 Å². The molecule has 1 aliphatic heterocycles. The monoisotopic (exact) mass is 301 g/mol. The Labute approximate surface area is 109 Å². The molecule has 2 N–H and O–H groups in total. The molecule has 0 spiro atoms. The Balaban J connectivity index is 2.21. The van der Waals surface area contributed by atoms with Crippen molar-refractivity contribution in [1.82, 2.24) is 5.32 Å². The average molecular weight is 302 g/mol. The van der Waals surface area contributed by atoms with E-state index in [-0.39, 0.29) is 12.6 Å². The number of hydrogen-bond donors (Lipinski definition) is 2. The van der Waals surface area contributed by atoms with E-state index in [9.17, 15) is 0 Å². The molecule has 0 saturated heterocycles. The topological polar surface area (TPSA) is 32.3 Å². The molecule has 88 valence electrons. The van der Waals surface area contributed by atoms with E-state index < -0.39 is 0 Å². The lowest BCUT2D eigenvalue weighted by Gasteiger charge is -2.28. The molecule has 0 radical (unpaired) electrons. The van der Waals surface area contributed by atoms with Crippen LogP contribution >= 0.6 is 27.7 Å². The van der Waals surface area contributed by atoms with Crippen LogP contribution in [0.3, 0.4) is 0 Å². The van der Waals surface area contributed by atoms with E-state index in [0.717, 1.165) is 16.6 Å². The van der Waals surface area contributed by atoms with E-state index in [0.29, 0.717) is 6.04 Å². The molecule has 1 heterocycles. The molecular weight excluding hydrogens is 286 g/mol. The number of aliphatic hydroxyl groups is 1. The van der Waals surface area contributed by atoms with Crippen LogP contribution in [0.1, 0.15) is 24.9 Å². The van der Waals surface area contributed by atoms with Gasteiger partial charge in [0.25, 0.3) is 0 Å². The van der Waals surface area contributed by atoms with Crippen LogP contribution in [0, 0.1) is 0 Å². The lowest BCUT2D eigenvalue weighted by Crippen LogP contribution is -2.34. The molecule has 2 atom stereocenters. The second kappa shape index (κ2) is 5.54. The summed E-state index contributed by atoms with van der Waals surface area (Å²) in [6, 6.07) is 6.96. The van der Waals surface area contributed by atoms with Crippen LogP contribution in [-0.2, 0) is 0 Å². The minimum absolute atomic E-state index is 0.153. The van der Waals surface area contributed by atoms with E-state index in [4.69, 9.17) is 5.11 Å². The average Bonchev–Trinajstić information content (AvgIpc) is 2.29. The molecule has 16 heavy (non-hydrogen) atoms. The summed E-state index contributed by atoms with van der Waals surface area (Å²) in [5.41, 5.74) is 1.35. The Bertz CT molecular complexity index is 372. The van der Waals surface area contributed by atoms with E-state index in [1.807, 2.05) is 18.7 Å². The molecule has 1 aromatic rings. The predicted molar refractivity (Wildman–Crippen MR) is 71.9 cm³/mol. The van der Waals surface area contributed by atoms with Crippen molar-refractivity contribution in [3.63, 3.8) is 0 Å². The summed E-state index contributed by atoms with van der Waals surface area (Å²) in [6.45, 7) is 2.20. The van der Waals surface area contributed by atoms with Gasteiger partial charge < -0.3 is 10.4 Å². The SMILES string of the molecule is C[C@H](CO)NC1CCSc2ccc(Br)cc21. The van der Waals surface area contributed by atoms with Crippen molar-refractivity contribution in [3.8, 4) is 0 Å². The van der Waals surface area contributed by atoms with Gasteiger partial charge in [-0.15, -0.1) is 11.8 Å². The Morgan fingerprint density at radius 1 is 1.62 bits per heavy atom. The summed E-state index contributed by atoms with van der Waals surface area (Å²) >= 11 is 5.43. The zero-order chi connectivity index (χ0) is 11.5. The highest BCUT2D eigenvalue weighted by atomic mass is 79.9. The van der Waals surface area contributed by atoms with Gasteiger partial charge in [-0.25, -0.2) is 0 Å². The third-order valence-electron chi connectivity index (χ3n) is 2.77. The fraction of sp³-hybridized carbons (Fsp3) is 0.500. The normalized spacial score (nSPS) is 21.6. The maximum atomic E-state index is 9.09. The molecule has 1 aromatic carbocycles. The molecular formula is C12H16BrNOS. The number of rotatable bonds is 3. The summed E-state index contributed by atoms with van der Waals surface area (Å²) < 4.78 is 1.12. The van der Waals surface area contributed by atoms with Crippen LogP contribution in [-0.4, -0.2) is 23.5 Å². The number of hydrogen-bond acceptors (Lipinski definition) is 3. The van der Waals surface area contributed by atoms with Crippen molar-refractivity contribution in [2.75, 3.05) is 12.4 Å².